The predicted octanol–water partition coefficient (Wildman–Crippen LogP) is 3.31. The Balaban J connectivity index is 1.84. The van der Waals surface area contributed by atoms with Crippen molar-refractivity contribution in [3.8, 4) is 0 Å². The van der Waals surface area contributed by atoms with Crippen LogP contribution in [0.1, 0.15) is 33.3 Å². The summed E-state index contributed by atoms with van der Waals surface area (Å²) in [6.45, 7) is 13.4. The summed E-state index contributed by atoms with van der Waals surface area (Å²) < 4.78 is 46.1. The van der Waals surface area contributed by atoms with E-state index in [0.29, 0.717) is 6.07 Å². The van der Waals surface area contributed by atoms with Crippen LogP contribution in [0.3, 0.4) is 0 Å². The second-order valence-corrected chi connectivity index (χ2v) is 8.54. The molecule has 2 amide bonds. The van der Waals surface area contributed by atoms with Gasteiger partial charge < -0.3 is 9.84 Å². The highest BCUT2D eigenvalue weighted by Gasteiger charge is 2.81. The van der Waals surface area contributed by atoms with Gasteiger partial charge in [-0.05, 0) is 32.9 Å². The van der Waals surface area contributed by atoms with Crippen LogP contribution in [0.15, 0.2) is 18.2 Å². The van der Waals surface area contributed by atoms with Gasteiger partial charge in [0.25, 0.3) is 0 Å². The fourth-order valence-corrected chi connectivity index (χ4v) is 5.39. The standard InChI is InChI=1S/C20H19F3N2O4/c1-9-17(2)13-14(19(4,29-17)18(9,3)28)16(27)25(15(13)26)10-6-7-12(24-5)11(8-10)20(21,22)23/h6-9,13-14,28H,1-4H3/t9-,13-,14+,17?,18+,19?/m1/s1. The highest BCUT2D eigenvalue weighted by Crippen LogP contribution is 2.66. The van der Waals surface area contributed by atoms with E-state index in [1.54, 1.807) is 27.7 Å². The highest BCUT2D eigenvalue weighted by atomic mass is 19.4. The van der Waals surface area contributed by atoms with E-state index in [1.165, 1.54) is 0 Å². The lowest BCUT2D eigenvalue weighted by Gasteiger charge is -2.44. The van der Waals surface area contributed by atoms with Crippen LogP contribution >= 0.6 is 0 Å². The number of anilines is 1. The molecule has 0 saturated carbocycles. The first-order chi connectivity index (χ1) is 13.2. The molecule has 3 fully saturated rings. The van der Waals surface area contributed by atoms with Crippen LogP contribution in [0.2, 0.25) is 0 Å². The summed E-state index contributed by atoms with van der Waals surface area (Å²) >= 11 is 0. The number of imide groups is 1. The van der Waals surface area contributed by atoms with Gasteiger partial charge in [0, 0.05) is 11.6 Å². The molecule has 1 aromatic rings. The third kappa shape index (κ3) is 2.13. The maximum atomic E-state index is 13.4. The average molecular weight is 408 g/mol. The molecule has 6 atom stereocenters. The largest absolute Gasteiger partial charge is 0.407 e. The van der Waals surface area contributed by atoms with Crippen molar-refractivity contribution in [3.05, 3.63) is 35.2 Å². The number of carbonyl (C=O) groups excluding carboxylic acids is 2. The smallest absolute Gasteiger partial charge is 0.387 e. The first-order valence-corrected chi connectivity index (χ1v) is 9.11. The van der Waals surface area contributed by atoms with Gasteiger partial charge in [-0.3, -0.25) is 9.59 Å². The van der Waals surface area contributed by atoms with Gasteiger partial charge in [0.15, 0.2) is 5.69 Å². The zero-order chi connectivity index (χ0) is 21.7. The first kappa shape index (κ1) is 19.9. The van der Waals surface area contributed by atoms with E-state index in [9.17, 15) is 27.9 Å². The highest BCUT2D eigenvalue weighted by molar-refractivity contribution is 6.23. The molecule has 154 valence electrons. The Labute approximate surface area is 165 Å². The van der Waals surface area contributed by atoms with Crippen molar-refractivity contribution in [2.75, 3.05) is 4.90 Å². The van der Waals surface area contributed by atoms with Gasteiger partial charge in [0.1, 0.15) is 5.60 Å². The lowest BCUT2D eigenvalue weighted by atomic mass is 9.57. The normalized spacial score (nSPS) is 41.1. The lowest BCUT2D eigenvalue weighted by molar-refractivity contribution is -0.146. The summed E-state index contributed by atoms with van der Waals surface area (Å²) in [6, 6.07) is 2.76. The van der Waals surface area contributed by atoms with Crippen molar-refractivity contribution in [2.45, 2.75) is 50.7 Å². The van der Waals surface area contributed by atoms with Gasteiger partial charge in [0.05, 0.1) is 35.2 Å². The Morgan fingerprint density at radius 2 is 1.76 bits per heavy atom. The Morgan fingerprint density at radius 3 is 2.31 bits per heavy atom. The number of rotatable bonds is 1. The molecule has 29 heavy (non-hydrogen) atoms. The minimum atomic E-state index is -4.81. The van der Waals surface area contributed by atoms with E-state index in [0.717, 1.165) is 17.0 Å². The first-order valence-electron chi connectivity index (χ1n) is 9.11. The van der Waals surface area contributed by atoms with Crippen LogP contribution < -0.4 is 4.90 Å². The predicted molar refractivity (Wildman–Crippen MR) is 94.9 cm³/mol. The molecule has 2 bridgehead atoms. The molecule has 3 aliphatic rings. The number of fused-ring (bicyclic) bond motifs is 5. The number of hydrogen-bond donors (Lipinski definition) is 1. The molecule has 0 spiro atoms. The molecule has 2 unspecified atom stereocenters. The second-order valence-electron chi connectivity index (χ2n) is 8.54. The maximum absolute atomic E-state index is 13.4. The molecule has 3 aliphatic heterocycles. The Morgan fingerprint density at radius 1 is 1.17 bits per heavy atom. The summed E-state index contributed by atoms with van der Waals surface area (Å²) in [6.07, 6.45) is -4.81. The van der Waals surface area contributed by atoms with E-state index in [-0.39, 0.29) is 5.69 Å². The number of nitrogens with zero attached hydrogens (tertiary/aromatic N) is 2. The summed E-state index contributed by atoms with van der Waals surface area (Å²) in [5, 5.41) is 11.0. The van der Waals surface area contributed by atoms with Crippen LogP contribution in [0, 0.1) is 24.3 Å². The molecule has 1 aromatic carbocycles. The van der Waals surface area contributed by atoms with Crippen molar-refractivity contribution in [1.82, 2.24) is 0 Å². The molecule has 4 rings (SSSR count). The van der Waals surface area contributed by atoms with E-state index in [2.05, 4.69) is 4.85 Å². The number of halogens is 3. The van der Waals surface area contributed by atoms with Crippen molar-refractivity contribution in [1.29, 1.82) is 0 Å². The van der Waals surface area contributed by atoms with Gasteiger partial charge in [0.2, 0.25) is 11.8 Å². The van der Waals surface area contributed by atoms with Crippen LogP contribution in [0.4, 0.5) is 24.5 Å². The monoisotopic (exact) mass is 408 g/mol. The topological polar surface area (TPSA) is 71.2 Å². The maximum Gasteiger partial charge on any atom is 0.407 e. The van der Waals surface area contributed by atoms with Gasteiger partial charge in [-0.25, -0.2) is 9.74 Å². The molecule has 0 aromatic heterocycles. The van der Waals surface area contributed by atoms with Crippen molar-refractivity contribution in [2.24, 2.45) is 17.8 Å². The van der Waals surface area contributed by atoms with Gasteiger partial charge in [-0.15, -0.1) is 0 Å². The summed E-state index contributed by atoms with van der Waals surface area (Å²) in [7, 11) is 0. The number of aliphatic hydroxyl groups is 1. The van der Waals surface area contributed by atoms with Crippen molar-refractivity contribution >= 4 is 23.2 Å². The van der Waals surface area contributed by atoms with Crippen LogP contribution in [0.5, 0.6) is 0 Å². The number of hydrogen-bond acceptors (Lipinski definition) is 4. The third-order valence-electron chi connectivity index (χ3n) is 7.32. The fraction of sp³-hybridized carbons (Fsp3) is 0.550. The minimum Gasteiger partial charge on any atom is -0.387 e. The number of amides is 2. The van der Waals surface area contributed by atoms with E-state index < -0.39 is 63.8 Å². The van der Waals surface area contributed by atoms with Gasteiger partial charge >= 0.3 is 6.18 Å². The summed E-state index contributed by atoms with van der Waals surface area (Å²) in [5.74, 6) is -3.77. The zero-order valence-corrected chi connectivity index (χ0v) is 16.2. The number of ether oxygens (including phenoxy) is 1. The summed E-state index contributed by atoms with van der Waals surface area (Å²) in [4.78, 5) is 30.0. The molecule has 0 radical (unpaired) electrons. The SMILES string of the molecule is [C-]#[N+]c1ccc(N2C(=O)[C@@H]3[C@H](C2=O)C2(C)OC3(C)[C@@](C)(O)[C@@H]2C)cc1C(F)(F)F. The van der Waals surface area contributed by atoms with Crippen LogP contribution in [-0.4, -0.2) is 33.7 Å². The zero-order valence-electron chi connectivity index (χ0n) is 16.2. The van der Waals surface area contributed by atoms with Gasteiger partial charge in [-0.1, -0.05) is 13.0 Å². The molecule has 0 aliphatic carbocycles. The number of benzene rings is 1. The molecule has 3 heterocycles. The van der Waals surface area contributed by atoms with Crippen LogP contribution in [0.25, 0.3) is 4.85 Å². The minimum absolute atomic E-state index is 0.243. The Bertz CT molecular complexity index is 998. The van der Waals surface area contributed by atoms with E-state index in [1.807, 2.05) is 0 Å². The molecule has 3 saturated heterocycles. The number of alkyl halides is 3. The summed E-state index contributed by atoms with van der Waals surface area (Å²) in [5.41, 5.74) is -5.95. The van der Waals surface area contributed by atoms with E-state index in [4.69, 9.17) is 11.3 Å². The second kappa shape index (κ2) is 5.37. The lowest BCUT2D eigenvalue weighted by Crippen LogP contribution is -2.60. The number of carbonyl (C=O) groups is 2. The Hall–Kier alpha value is -2.44. The average Bonchev–Trinajstić information content (AvgIpc) is 3.09. The fourth-order valence-electron chi connectivity index (χ4n) is 5.39. The molecule has 9 heteroatoms. The van der Waals surface area contributed by atoms with E-state index >= 15 is 0 Å². The third-order valence-corrected chi connectivity index (χ3v) is 7.32. The molecule has 6 nitrogen and oxygen atoms in total. The van der Waals surface area contributed by atoms with Crippen molar-refractivity contribution in [3.63, 3.8) is 0 Å². The Kier molecular flexibility index (Phi) is 3.68. The van der Waals surface area contributed by atoms with Crippen LogP contribution in [-0.2, 0) is 20.5 Å². The quantitative estimate of drug-likeness (QED) is 0.572. The van der Waals surface area contributed by atoms with Gasteiger partial charge in [-0.2, -0.15) is 13.2 Å². The van der Waals surface area contributed by atoms with Crippen molar-refractivity contribution < 1.29 is 32.6 Å². The molecular weight excluding hydrogens is 389 g/mol. The molecule has 1 N–H and O–H groups in total. The molecular formula is C20H19F3N2O4.